The molecule has 0 aliphatic rings. The summed E-state index contributed by atoms with van der Waals surface area (Å²) in [5.74, 6) is -0.596. The number of methoxy groups -OCH3 is 1. The van der Waals surface area contributed by atoms with Gasteiger partial charge in [-0.1, -0.05) is 6.92 Å². The number of carbonyl (C=O) groups is 2. The average Bonchev–Trinajstić information content (AvgIpc) is 2.16. The van der Waals surface area contributed by atoms with Gasteiger partial charge in [-0.05, 0) is 25.7 Å². The van der Waals surface area contributed by atoms with Gasteiger partial charge < -0.3 is 15.2 Å². The highest BCUT2D eigenvalue weighted by atomic mass is 16.5. The molecule has 0 heterocycles. The van der Waals surface area contributed by atoms with Crippen molar-refractivity contribution in [2.75, 3.05) is 13.7 Å². The Morgan fingerprint density at radius 2 is 2.00 bits per heavy atom. The number of rotatable bonds is 9. The minimum atomic E-state index is -0.794. The molecule has 0 aromatic carbocycles. The van der Waals surface area contributed by atoms with Gasteiger partial charge in [-0.15, -0.1) is 0 Å². The summed E-state index contributed by atoms with van der Waals surface area (Å²) in [4.78, 5) is 21.9. The van der Waals surface area contributed by atoms with Crippen molar-refractivity contribution in [2.24, 2.45) is 5.92 Å². The Hall–Kier alpha value is -1.10. The van der Waals surface area contributed by atoms with Crippen molar-refractivity contribution in [2.45, 2.75) is 45.6 Å². The molecule has 0 aromatic rings. The first kappa shape index (κ1) is 15.9. The van der Waals surface area contributed by atoms with Gasteiger partial charge in [-0.3, -0.25) is 9.59 Å². The SMILES string of the molecule is COCC(C)CC(=O)NC(C)CCCC(=O)O. The standard InChI is InChI=1S/C12H23NO4/c1-9(8-17-3)7-11(14)13-10(2)5-4-6-12(15)16/h9-10H,4-8H2,1-3H3,(H,13,14)(H,15,16). The third-order valence-corrected chi connectivity index (χ3v) is 2.42. The molecule has 0 aliphatic carbocycles. The second-order valence-electron chi connectivity index (χ2n) is 4.52. The summed E-state index contributed by atoms with van der Waals surface area (Å²) in [6, 6.07) is 0.0246. The van der Waals surface area contributed by atoms with E-state index in [-0.39, 0.29) is 24.3 Å². The van der Waals surface area contributed by atoms with Gasteiger partial charge in [0.25, 0.3) is 0 Å². The lowest BCUT2D eigenvalue weighted by atomic mass is 10.1. The lowest BCUT2D eigenvalue weighted by Crippen LogP contribution is -2.33. The Bertz CT molecular complexity index is 243. The molecule has 0 aliphatic heterocycles. The molecule has 100 valence electrons. The maximum Gasteiger partial charge on any atom is 0.303 e. The third kappa shape index (κ3) is 9.81. The van der Waals surface area contributed by atoms with E-state index in [1.807, 2.05) is 13.8 Å². The molecule has 2 N–H and O–H groups in total. The van der Waals surface area contributed by atoms with Crippen LogP contribution in [0.4, 0.5) is 0 Å². The third-order valence-electron chi connectivity index (χ3n) is 2.42. The van der Waals surface area contributed by atoms with E-state index in [2.05, 4.69) is 5.32 Å². The van der Waals surface area contributed by atoms with Crippen LogP contribution in [0.25, 0.3) is 0 Å². The molecule has 5 nitrogen and oxygen atoms in total. The average molecular weight is 245 g/mol. The maximum atomic E-state index is 11.6. The molecule has 0 radical (unpaired) electrons. The van der Waals surface area contributed by atoms with Crippen molar-refractivity contribution in [3.8, 4) is 0 Å². The number of hydrogen-bond acceptors (Lipinski definition) is 3. The summed E-state index contributed by atoms with van der Waals surface area (Å²) in [5.41, 5.74) is 0. The first-order valence-electron chi connectivity index (χ1n) is 5.95. The summed E-state index contributed by atoms with van der Waals surface area (Å²) < 4.78 is 4.96. The fourth-order valence-corrected chi connectivity index (χ4v) is 1.63. The number of hydrogen-bond donors (Lipinski definition) is 2. The van der Waals surface area contributed by atoms with Crippen LogP contribution in [0.15, 0.2) is 0 Å². The second-order valence-corrected chi connectivity index (χ2v) is 4.52. The monoisotopic (exact) mass is 245 g/mol. The fourth-order valence-electron chi connectivity index (χ4n) is 1.63. The number of ether oxygens (including phenoxy) is 1. The van der Waals surface area contributed by atoms with Crippen LogP contribution in [0.1, 0.15) is 39.5 Å². The van der Waals surface area contributed by atoms with Gasteiger partial charge in [0.1, 0.15) is 0 Å². The molecule has 1 amide bonds. The Morgan fingerprint density at radius 1 is 1.35 bits per heavy atom. The number of carbonyl (C=O) groups excluding carboxylic acids is 1. The van der Waals surface area contributed by atoms with Crippen molar-refractivity contribution >= 4 is 11.9 Å². The molecule has 0 saturated heterocycles. The van der Waals surface area contributed by atoms with Gasteiger partial charge >= 0.3 is 5.97 Å². The largest absolute Gasteiger partial charge is 0.481 e. The summed E-state index contributed by atoms with van der Waals surface area (Å²) in [7, 11) is 1.61. The van der Waals surface area contributed by atoms with E-state index in [4.69, 9.17) is 9.84 Å². The Balaban J connectivity index is 3.68. The molecule has 2 unspecified atom stereocenters. The summed E-state index contributed by atoms with van der Waals surface area (Å²) >= 11 is 0. The van der Waals surface area contributed by atoms with Gasteiger partial charge in [0.05, 0.1) is 0 Å². The highest BCUT2D eigenvalue weighted by Crippen LogP contribution is 2.04. The van der Waals surface area contributed by atoms with Crippen molar-refractivity contribution in [3.05, 3.63) is 0 Å². The normalized spacial score (nSPS) is 14.1. The van der Waals surface area contributed by atoms with Crippen molar-refractivity contribution in [1.29, 1.82) is 0 Å². The number of amides is 1. The molecule has 0 rings (SSSR count). The second kappa shape index (κ2) is 8.98. The Labute approximate surface area is 103 Å². The van der Waals surface area contributed by atoms with Crippen molar-refractivity contribution in [1.82, 2.24) is 5.32 Å². The molecule has 0 aromatic heterocycles. The van der Waals surface area contributed by atoms with Gasteiger partial charge in [0.2, 0.25) is 5.91 Å². The van der Waals surface area contributed by atoms with E-state index < -0.39 is 5.97 Å². The molecule has 0 spiro atoms. The summed E-state index contributed by atoms with van der Waals surface area (Å²) in [5, 5.41) is 11.3. The van der Waals surface area contributed by atoms with Gasteiger partial charge in [-0.2, -0.15) is 0 Å². The minimum absolute atomic E-state index is 0.00243. The zero-order chi connectivity index (χ0) is 13.3. The van der Waals surface area contributed by atoms with E-state index in [9.17, 15) is 9.59 Å². The Kier molecular flexibility index (Phi) is 8.40. The van der Waals surface area contributed by atoms with Crippen LogP contribution in [-0.4, -0.2) is 36.7 Å². The van der Waals surface area contributed by atoms with E-state index in [0.29, 0.717) is 25.9 Å². The fraction of sp³-hybridized carbons (Fsp3) is 0.833. The predicted octanol–water partition coefficient (Wildman–Crippen LogP) is 1.42. The Morgan fingerprint density at radius 3 is 2.53 bits per heavy atom. The number of aliphatic carboxylic acids is 1. The van der Waals surface area contributed by atoms with Crippen LogP contribution in [-0.2, 0) is 14.3 Å². The molecule has 17 heavy (non-hydrogen) atoms. The lowest BCUT2D eigenvalue weighted by Gasteiger charge is -2.15. The molecule has 0 fully saturated rings. The van der Waals surface area contributed by atoms with E-state index in [1.165, 1.54) is 0 Å². The summed E-state index contributed by atoms with van der Waals surface area (Å²) in [6.45, 7) is 4.42. The van der Waals surface area contributed by atoms with E-state index in [1.54, 1.807) is 7.11 Å². The van der Waals surface area contributed by atoms with Crippen LogP contribution in [0.3, 0.4) is 0 Å². The quantitative estimate of drug-likeness (QED) is 0.644. The topological polar surface area (TPSA) is 75.6 Å². The predicted molar refractivity (Wildman–Crippen MR) is 64.7 cm³/mol. The van der Waals surface area contributed by atoms with Gasteiger partial charge in [0.15, 0.2) is 0 Å². The number of carboxylic acids is 1. The van der Waals surface area contributed by atoms with Gasteiger partial charge in [-0.25, -0.2) is 0 Å². The molecule has 5 heteroatoms. The lowest BCUT2D eigenvalue weighted by molar-refractivity contribution is -0.137. The zero-order valence-corrected chi connectivity index (χ0v) is 10.9. The highest BCUT2D eigenvalue weighted by Gasteiger charge is 2.11. The highest BCUT2D eigenvalue weighted by molar-refractivity contribution is 5.76. The maximum absolute atomic E-state index is 11.6. The molecular formula is C12H23NO4. The molecule has 0 saturated carbocycles. The molecule has 0 bridgehead atoms. The van der Waals surface area contributed by atoms with Crippen LogP contribution >= 0.6 is 0 Å². The van der Waals surface area contributed by atoms with Crippen LogP contribution in [0.5, 0.6) is 0 Å². The van der Waals surface area contributed by atoms with Crippen molar-refractivity contribution < 1.29 is 19.4 Å². The molecular weight excluding hydrogens is 222 g/mol. The minimum Gasteiger partial charge on any atom is -0.481 e. The van der Waals surface area contributed by atoms with Crippen LogP contribution in [0, 0.1) is 5.92 Å². The first-order chi connectivity index (χ1) is 7.95. The summed E-state index contributed by atoms with van der Waals surface area (Å²) in [6.07, 6.45) is 1.87. The van der Waals surface area contributed by atoms with Crippen LogP contribution < -0.4 is 5.32 Å². The number of carboxylic acid groups (broad SMARTS) is 1. The smallest absolute Gasteiger partial charge is 0.303 e. The van der Waals surface area contributed by atoms with Crippen molar-refractivity contribution in [3.63, 3.8) is 0 Å². The molecule has 2 atom stereocenters. The van der Waals surface area contributed by atoms with E-state index in [0.717, 1.165) is 0 Å². The number of nitrogens with one attached hydrogen (secondary N) is 1. The van der Waals surface area contributed by atoms with Crippen LogP contribution in [0.2, 0.25) is 0 Å². The zero-order valence-electron chi connectivity index (χ0n) is 10.9. The first-order valence-corrected chi connectivity index (χ1v) is 5.95. The van der Waals surface area contributed by atoms with E-state index >= 15 is 0 Å². The van der Waals surface area contributed by atoms with Gasteiger partial charge in [0, 0.05) is 32.6 Å².